The van der Waals surface area contributed by atoms with Gasteiger partial charge >= 0.3 is 6.03 Å². The molecule has 0 aliphatic heterocycles. The summed E-state index contributed by atoms with van der Waals surface area (Å²) >= 11 is 0. The number of anilines is 2. The van der Waals surface area contributed by atoms with Crippen molar-refractivity contribution in [2.75, 3.05) is 24.9 Å². The van der Waals surface area contributed by atoms with Gasteiger partial charge < -0.3 is 29.6 Å². The van der Waals surface area contributed by atoms with E-state index in [9.17, 15) is 4.79 Å². The molecule has 0 bridgehead atoms. The minimum Gasteiger partial charge on any atom is -0.495 e. The molecule has 0 spiro atoms. The van der Waals surface area contributed by atoms with Gasteiger partial charge in [-0.25, -0.2) is 4.79 Å². The summed E-state index contributed by atoms with van der Waals surface area (Å²) in [4.78, 5) is 17.2. The van der Waals surface area contributed by atoms with E-state index in [4.69, 9.17) is 18.9 Å². The molecule has 0 aliphatic rings. The average molecular weight is 550 g/mol. The minimum absolute atomic E-state index is 0.372. The Morgan fingerprint density at radius 2 is 1.44 bits per heavy atom. The first-order valence-electron chi connectivity index (χ1n) is 13.1. The van der Waals surface area contributed by atoms with Crippen molar-refractivity contribution >= 4 is 28.3 Å². The SMILES string of the molecule is COc1ccccc1NC(=O)Nc1cc(C)c(Oc2ccnc3cc(OCc4ccccc4)c(OC)cc23)cc1C. The number of aromatic nitrogens is 1. The largest absolute Gasteiger partial charge is 0.495 e. The van der Waals surface area contributed by atoms with Crippen molar-refractivity contribution in [2.45, 2.75) is 20.5 Å². The number of urea groups is 1. The van der Waals surface area contributed by atoms with E-state index < -0.39 is 0 Å². The molecule has 4 aromatic carbocycles. The van der Waals surface area contributed by atoms with Crippen LogP contribution >= 0.6 is 0 Å². The first-order valence-corrected chi connectivity index (χ1v) is 13.1. The van der Waals surface area contributed by atoms with Crippen LogP contribution in [0.5, 0.6) is 28.7 Å². The number of nitrogens with zero attached hydrogens (tertiary/aromatic N) is 1. The molecular weight excluding hydrogens is 518 g/mol. The summed E-state index contributed by atoms with van der Waals surface area (Å²) < 4.78 is 23.4. The van der Waals surface area contributed by atoms with Crippen molar-refractivity contribution in [2.24, 2.45) is 0 Å². The van der Waals surface area contributed by atoms with E-state index in [1.807, 2.05) is 86.6 Å². The maximum Gasteiger partial charge on any atom is 0.323 e. The highest BCUT2D eigenvalue weighted by atomic mass is 16.5. The summed E-state index contributed by atoms with van der Waals surface area (Å²) in [5, 5.41) is 6.53. The number of pyridine rings is 1. The van der Waals surface area contributed by atoms with Gasteiger partial charge in [0.15, 0.2) is 11.5 Å². The van der Waals surface area contributed by atoms with Crippen molar-refractivity contribution in [3.05, 3.63) is 108 Å². The first-order chi connectivity index (χ1) is 19.9. The highest BCUT2D eigenvalue weighted by molar-refractivity contribution is 6.01. The summed E-state index contributed by atoms with van der Waals surface area (Å²) in [5.41, 5.74) is 4.71. The lowest BCUT2D eigenvalue weighted by atomic mass is 10.1. The number of rotatable bonds is 9. The Bertz CT molecular complexity index is 1690. The van der Waals surface area contributed by atoms with Crippen LogP contribution < -0.4 is 29.6 Å². The van der Waals surface area contributed by atoms with Gasteiger partial charge in [0.05, 0.1) is 25.4 Å². The molecule has 0 atom stereocenters. The Balaban J connectivity index is 1.35. The van der Waals surface area contributed by atoms with Gasteiger partial charge in [0.1, 0.15) is 23.9 Å². The lowest BCUT2D eigenvalue weighted by molar-refractivity contribution is 0.262. The molecule has 0 saturated carbocycles. The number of nitrogens with one attached hydrogen (secondary N) is 2. The normalized spacial score (nSPS) is 10.6. The van der Waals surface area contributed by atoms with Gasteiger partial charge in [-0.15, -0.1) is 0 Å². The number of hydrogen-bond donors (Lipinski definition) is 2. The van der Waals surface area contributed by atoms with E-state index in [2.05, 4.69) is 15.6 Å². The van der Waals surface area contributed by atoms with Gasteiger partial charge in [-0.3, -0.25) is 4.98 Å². The Morgan fingerprint density at radius 3 is 2.22 bits per heavy atom. The molecule has 2 N–H and O–H groups in total. The Hall–Kier alpha value is -5.24. The third kappa shape index (κ3) is 6.33. The van der Waals surface area contributed by atoms with E-state index in [1.165, 1.54) is 0 Å². The third-order valence-corrected chi connectivity index (χ3v) is 6.57. The fourth-order valence-electron chi connectivity index (χ4n) is 4.40. The maximum atomic E-state index is 12.7. The average Bonchev–Trinajstić information content (AvgIpc) is 2.99. The predicted molar refractivity (Wildman–Crippen MR) is 161 cm³/mol. The van der Waals surface area contributed by atoms with Crippen LogP contribution in [-0.4, -0.2) is 25.2 Å². The fourth-order valence-corrected chi connectivity index (χ4v) is 4.40. The van der Waals surface area contributed by atoms with Gasteiger partial charge in [0.25, 0.3) is 0 Å². The Morgan fingerprint density at radius 1 is 0.707 bits per heavy atom. The molecule has 8 heteroatoms. The molecule has 5 rings (SSSR count). The molecule has 1 aromatic heterocycles. The molecule has 0 unspecified atom stereocenters. The number of amides is 2. The second-order valence-electron chi connectivity index (χ2n) is 9.42. The van der Waals surface area contributed by atoms with Gasteiger partial charge in [-0.1, -0.05) is 42.5 Å². The second kappa shape index (κ2) is 12.3. The molecule has 0 radical (unpaired) electrons. The number of carbonyl (C=O) groups is 1. The number of benzene rings is 4. The summed E-state index contributed by atoms with van der Waals surface area (Å²) in [6.45, 7) is 4.25. The highest BCUT2D eigenvalue weighted by Crippen LogP contribution is 2.39. The van der Waals surface area contributed by atoms with Crippen molar-refractivity contribution in [3.8, 4) is 28.7 Å². The number of hydrogen-bond acceptors (Lipinski definition) is 6. The van der Waals surface area contributed by atoms with Crippen LogP contribution in [0.1, 0.15) is 16.7 Å². The molecule has 41 heavy (non-hydrogen) atoms. The van der Waals surface area contributed by atoms with Crippen LogP contribution in [0, 0.1) is 13.8 Å². The van der Waals surface area contributed by atoms with Crippen molar-refractivity contribution < 1.29 is 23.7 Å². The minimum atomic E-state index is -0.372. The molecule has 2 amide bonds. The fraction of sp³-hybridized carbons (Fsp3) is 0.152. The Kier molecular flexibility index (Phi) is 8.20. The molecule has 0 saturated heterocycles. The summed E-state index contributed by atoms with van der Waals surface area (Å²) in [5.74, 6) is 3.05. The quantitative estimate of drug-likeness (QED) is 0.194. The third-order valence-electron chi connectivity index (χ3n) is 6.57. The predicted octanol–water partition coefficient (Wildman–Crippen LogP) is 7.88. The first kappa shape index (κ1) is 27.3. The van der Waals surface area contributed by atoms with Crippen molar-refractivity contribution in [1.82, 2.24) is 4.98 Å². The number of carbonyl (C=O) groups excluding carboxylic acids is 1. The van der Waals surface area contributed by atoms with Crippen LogP contribution in [0.3, 0.4) is 0 Å². The van der Waals surface area contributed by atoms with Crippen LogP contribution in [0.4, 0.5) is 16.2 Å². The number of aryl methyl sites for hydroxylation is 2. The van der Waals surface area contributed by atoms with Crippen LogP contribution in [0.15, 0.2) is 91.1 Å². The summed E-state index contributed by atoms with van der Waals surface area (Å²) in [7, 11) is 3.17. The lowest BCUT2D eigenvalue weighted by Gasteiger charge is -2.17. The van der Waals surface area contributed by atoms with Crippen LogP contribution in [0.2, 0.25) is 0 Å². The molecular formula is C33H31N3O5. The second-order valence-corrected chi connectivity index (χ2v) is 9.42. The zero-order valence-corrected chi connectivity index (χ0v) is 23.4. The summed E-state index contributed by atoms with van der Waals surface area (Å²) in [6, 6.07) is 26.1. The zero-order chi connectivity index (χ0) is 28.8. The zero-order valence-electron chi connectivity index (χ0n) is 23.4. The van der Waals surface area contributed by atoms with Gasteiger partial charge in [-0.2, -0.15) is 0 Å². The van der Waals surface area contributed by atoms with Gasteiger partial charge in [0, 0.05) is 23.3 Å². The van der Waals surface area contributed by atoms with Gasteiger partial charge in [0.2, 0.25) is 0 Å². The number of fused-ring (bicyclic) bond motifs is 1. The molecule has 0 aliphatic carbocycles. The van der Waals surface area contributed by atoms with E-state index in [0.29, 0.717) is 52.2 Å². The van der Waals surface area contributed by atoms with Gasteiger partial charge in [-0.05, 0) is 66.9 Å². The topological polar surface area (TPSA) is 90.9 Å². The number of para-hydroxylation sites is 2. The standard InChI is InChI=1S/C33H31N3O5/c1-21-17-30(22(2)16-26(21)36-33(37)35-25-12-8-9-13-29(25)38-3)41-28-14-15-34-27-19-32(31(39-4)18-24(27)28)40-20-23-10-6-5-7-11-23/h5-19H,20H2,1-4H3,(H2,35,36,37). The Labute approximate surface area is 238 Å². The monoisotopic (exact) mass is 549 g/mol. The molecule has 8 nitrogen and oxygen atoms in total. The van der Waals surface area contributed by atoms with E-state index >= 15 is 0 Å². The van der Waals surface area contributed by atoms with Crippen LogP contribution in [0.25, 0.3) is 10.9 Å². The van der Waals surface area contributed by atoms with Crippen LogP contribution in [-0.2, 0) is 6.61 Å². The maximum absolute atomic E-state index is 12.7. The molecule has 208 valence electrons. The van der Waals surface area contributed by atoms with E-state index in [0.717, 1.165) is 22.1 Å². The smallest absolute Gasteiger partial charge is 0.323 e. The molecule has 5 aromatic rings. The van der Waals surface area contributed by atoms with Crippen molar-refractivity contribution in [1.29, 1.82) is 0 Å². The van der Waals surface area contributed by atoms with E-state index in [-0.39, 0.29) is 6.03 Å². The molecule has 1 heterocycles. The molecule has 0 fully saturated rings. The van der Waals surface area contributed by atoms with E-state index in [1.54, 1.807) is 32.5 Å². The highest BCUT2D eigenvalue weighted by Gasteiger charge is 2.15. The number of ether oxygens (including phenoxy) is 4. The lowest BCUT2D eigenvalue weighted by Crippen LogP contribution is -2.20. The van der Waals surface area contributed by atoms with Crippen molar-refractivity contribution in [3.63, 3.8) is 0 Å². The summed E-state index contributed by atoms with van der Waals surface area (Å²) in [6.07, 6.45) is 1.70. The number of methoxy groups -OCH3 is 2.